The number of aryl methyl sites for hydroxylation is 1. The summed E-state index contributed by atoms with van der Waals surface area (Å²) in [6.45, 7) is 1.90. The fraction of sp³-hybridized carbons (Fsp3) is 0.0500. The van der Waals surface area contributed by atoms with Gasteiger partial charge in [-0.2, -0.15) is 0 Å². The fourth-order valence-corrected chi connectivity index (χ4v) is 3.16. The number of non-ortho nitro benzene ring substituents is 1. The van der Waals surface area contributed by atoms with Crippen molar-refractivity contribution in [3.05, 3.63) is 75.8 Å². The van der Waals surface area contributed by atoms with Gasteiger partial charge < -0.3 is 10.4 Å². The molecule has 0 aliphatic heterocycles. The molecule has 9 nitrogen and oxygen atoms in total. The van der Waals surface area contributed by atoms with E-state index in [-0.39, 0.29) is 22.3 Å². The number of nitro benzene ring substituents is 1. The molecule has 4 rings (SSSR count). The van der Waals surface area contributed by atoms with Gasteiger partial charge in [-0.15, -0.1) is 0 Å². The molecule has 144 valence electrons. The first-order chi connectivity index (χ1) is 14.0. The number of carboxylic acid groups (broad SMARTS) is 1. The SMILES string of the molecule is Cc1ccccc1-c1cc(Nc2ccc([N+](=O)[O-])c3nonc23)ccc1C(=O)O. The summed E-state index contributed by atoms with van der Waals surface area (Å²) in [4.78, 5) is 22.3. The van der Waals surface area contributed by atoms with Crippen LogP contribution in [0.3, 0.4) is 0 Å². The third-order valence-corrected chi connectivity index (χ3v) is 4.56. The maximum atomic E-state index is 11.7. The molecule has 1 heterocycles. The number of fused-ring (bicyclic) bond motifs is 1. The molecule has 0 aliphatic rings. The number of benzene rings is 3. The van der Waals surface area contributed by atoms with Gasteiger partial charge in [0, 0.05) is 11.8 Å². The van der Waals surface area contributed by atoms with Gasteiger partial charge in [-0.3, -0.25) is 10.1 Å². The Bertz CT molecular complexity index is 1260. The molecule has 29 heavy (non-hydrogen) atoms. The van der Waals surface area contributed by atoms with Crippen molar-refractivity contribution >= 4 is 34.1 Å². The highest BCUT2D eigenvalue weighted by atomic mass is 16.6. The monoisotopic (exact) mass is 390 g/mol. The lowest BCUT2D eigenvalue weighted by Crippen LogP contribution is -2.02. The Morgan fingerprint density at radius 1 is 1.07 bits per heavy atom. The first-order valence-corrected chi connectivity index (χ1v) is 8.55. The lowest BCUT2D eigenvalue weighted by molar-refractivity contribution is -0.383. The highest BCUT2D eigenvalue weighted by molar-refractivity contribution is 5.99. The van der Waals surface area contributed by atoms with E-state index in [4.69, 9.17) is 0 Å². The molecule has 0 bridgehead atoms. The molecule has 4 aromatic rings. The van der Waals surface area contributed by atoms with Crippen LogP contribution in [0.15, 0.2) is 59.2 Å². The third kappa shape index (κ3) is 3.25. The summed E-state index contributed by atoms with van der Waals surface area (Å²) in [6.07, 6.45) is 0. The number of carboxylic acids is 1. The molecule has 1 aromatic heterocycles. The first kappa shape index (κ1) is 18.1. The van der Waals surface area contributed by atoms with Crippen molar-refractivity contribution in [2.75, 3.05) is 5.32 Å². The zero-order chi connectivity index (χ0) is 20.5. The van der Waals surface area contributed by atoms with Crippen LogP contribution in [0.5, 0.6) is 0 Å². The van der Waals surface area contributed by atoms with Gasteiger partial charge in [-0.1, -0.05) is 24.3 Å². The average molecular weight is 390 g/mol. The molecule has 0 saturated heterocycles. The first-order valence-electron chi connectivity index (χ1n) is 8.55. The molecule has 0 unspecified atom stereocenters. The van der Waals surface area contributed by atoms with E-state index in [9.17, 15) is 20.0 Å². The number of hydrogen-bond acceptors (Lipinski definition) is 7. The Labute approximate surface area is 163 Å². The second-order valence-corrected chi connectivity index (χ2v) is 6.36. The maximum Gasteiger partial charge on any atom is 0.336 e. The van der Waals surface area contributed by atoms with Crippen LogP contribution in [0.1, 0.15) is 15.9 Å². The Morgan fingerprint density at radius 3 is 2.55 bits per heavy atom. The summed E-state index contributed by atoms with van der Waals surface area (Å²) in [5.74, 6) is -1.03. The van der Waals surface area contributed by atoms with Gasteiger partial charge in [0.2, 0.25) is 5.52 Å². The van der Waals surface area contributed by atoms with Crippen LogP contribution in [0.25, 0.3) is 22.2 Å². The van der Waals surface area contributed by atoms with E-state index in [1.165, 1.54) is 18.2 Å². The predicted molar refractivity (Wildman–Crippen MR) is 105 cm³/mol. The largest absolute Gasteiger partial charge is 0.478 e. The van der Waals surface area contributed by atoms with E-state index in [1.807, 2.05) is 31.2 Å². The summed E-state index contributed by atoms with van der Waals surface area (Å²) in [6, 6.07) is 15.1. The zero-order valence-corrected chi connectivity index (χ0v) is 15.1. The van der Waals surface area contributed by atoms with Crippen molar-refractivity contribution in [2.45, 2.75) is 6.92 Å². The normalized spacial score (nSPS) is 10.8. The van der Waals surface area contributed by atoms with Crippen LogP contribution < -0.4 is 5.32 Å². The highest BCUT2D eigenvalue weighted by Crippen LogP contribution is 2.34. The number of aromatic carboxylic acids is 1. The smallest absolute Gasteiger partial charge is 0.336 e. The maximum absolute atomic E-state index is 11.7. The summed E-state index contributed by atoms with van der Waals surface area (Å²) >= 11 is 0. The van der Waals surface area contributed by atoms with Crippen molar-refractivity contribution < 1.29 is 19.5 Å². The Hall–Kier alpha value is -4.27. The van der Waals surface area contributed by atoms with Gasteiger partial charge in [0.1, 0.15) is 0 Å². The molecule has 0 amide bonds. The minimum absolute atomic E-state index is 0.0290. The van der Waals surface area contributed by atoms with Gasteiger partial charge in [0.25, 0.3) is 0 Å². The standard InChI is InChI=1S/C20H14N4O5/c1-11-4-2-3-5-13(11)15-10-12(6-7-14(15)20(25)26)21-16-8-9-17(24(27)28)19-18(16)22-29-23-19/h2-10,21H,1H3,(H,25,26). The predicted octanol–water partition coefficient (Wildman–Crippen LogP) is 4.55. The summed E-state index contributed by atoms with van der Waals surface area (Å²) < 4.78 is 4.67. The zero-order valence-electron chi connectivity index (χ0n) is 15.1. The molecular formula is C20H14N4O5. The molecule has 0 fully saturated rings. The summed E-state index contributed by atoms with van der Waals surface area (Å²) in [7, 11) is 0. The lowest BCUT2D eigenvalue weighted by Gasteiger charge is -2.13. The van der Waals surface area contributed by atoms with Gasteiger partial charge in [-0.25, -0.2) is 9.42 Å². The van der Waals surface area contributed by atoms with E-state index >= 15 is 0 Å². The van der Waals surface area contributed by atoms with Crippen LogP contribution >= 0.6 is 0 Å². The molecule has 0 saturated carbocycles. The van der Waals surface area contributed by atoms with E-state index < -0.39 is 10.9 Å². The van der Waals surface area contributed by atoms with E-state index in [1.54, 1.807) is 12.1 Å². The number of nitrogens with zero attached hydrogens (tertiary/aromatic N) is 3. The number of carbonyl (C=O) groups is 1. The van der Waals surface area contributed by atoms with Gasteiger partial charge in [0.05, 0.1) is 16.2 Å². The number of nitrogens with one attached hydrogen (secondary N) is 1. The van der Waals surface area contributed by atoms with Crippen molar-refractivity contribution in [1.29, 1.82) is 0 Å². The van der Waals surface area contributed by atoms with Crippen LogP contribution in [0.2, 0.25) is 0 Å². The second-order valence-electron chi connectivity index (χ2n) is 6.36. The number of hydrogen-bond donors (Lipinski definition) is 2. The van der Waals surface area contributed by atoms with E-state index in [0.717, 1.165) is 11.1 Å². The summed E-state index contributed by atoms with van der Waals surface area (Å²) in [5, 5.41) is 31.2. The van der Waals surface area contributed by atoms with Gasteiger partial charge in [-0.05, 0) is 58.2 Å². The molecule has 2 N–H and O–H groups in total. The molecule has 9 heteroatoms. The number of nitro groups is 1. The topological polar surface area (TPSA) is 131 Å². The Morgan fingerprint density at radius 2 is 1.83 bits per heavy atom. The van der Waals surface area contributed by atoms with Crippen LogP contribution in [-0.4, -0.2) is 26.3 Å². The lowest BCUT2D eigenvalue weighted by atomic mass is 9.95. The van der Waals surface area contributed by atoms with Crippen LogP contribution in [-0.2, 0) is 0 Å². The highest BCUT2D eigenvalue weighted by Gasteiger charge is 2.20. The number of rotatable bonds is 5. The van der Waals surface area contributed by atoms with Crippen LogP contribution in [0, 0.1) is 17.0 Å². The minimum Gasteiger partial charge on any atom is -0.478 e. The number of anilines is 2. The van der Waals surface area contributed by atoms with E-state index in [0.29, 0.717) is 16.9 Å². The van der Waals surface area contributed by atoms with Crippen molar-refractivity contribution in [1.82, 2.24) is 10.3 Å². The van der Waals surface area contributed by atoms with E-state index in [2.05, 4.69) is 20.3 Å². The fourth-order valence-electron chi connectivity index (χ4n) is 3.16. The number of aromatic nitrogens is 2. The third-order valence-electron chi connectivity index (χ3n) is 4.56. The molecule has 0 aliphatic carbocycles. The minimum atomic E-state index is -1.03. The van der Waals surface area contributed by atoms with Crippen molar-refractivity contribution in [2.24, 2.45) is 0 Å². The molecule has 0 radical (unpaired) electrons. The van der Waals surface area contributed by atoms with Crippen molar-refractivity contribution in [3.8, 4) is 11.1 Å². The molecule has 0 atom stereocenters. The summed E-state index contributed by atoms with van der Waals surface area (Å²) in [5.41, 5.74) is 3.51. The molecule has 3 aromatic carbocycles. The molecular weight excluding hydrogens is 376 g/mol. The van der Waals surface area contributed by atoms with Crippen molar-refractivity contribution in [3.63, 3.8) is 0 Å². The Balaban J connectivity index is 1.81. The quantitative estimate of drug-likeness (QED) is 0.375. The van der Waals surface area contributed by atoms with Gasteiger partial charge in [0.15, 0.2) is 5.52 Å². The second kappa shape index (κ2) is 7.04. The van der Waals surface area contributed by atoms with Gasteiger partial charge >= 0.3 is 11.7 Å². The average Bonchev–Trinajstić information content (AvgIpc) is 3.18. The Kier molecular flexibility index (Phi) is 4.40. The molecule has 0 spiro atoms. The van der Waals surface area contributed by atoms with Crippen LogP contribution in [0.4, 0.5) is 17.1 Å².